The second kappa shape index (κ2) is 14.5. The number of methoxy groups -OCH3 is 3. The molecule has 0 spiro atoms. The smallest absolute Gasteiger partial charge is 0.245 e. The number of likely N-dealkylation sites (tertiary alicyclic amines) is 1. The van der Waals surface area contributed by atoms with Crippen LogP contribution in [0, 0.1) is 5.92 Å². The SMILES string of the molecule is COc1cc2c(c(OC)c1OC)-c1ccc(NC(CCSC)C(=O)N3CCC4(O)CCCCC4C3)c(=O)cc1C(NC(C)=O)CC2. The second-order valence-corrected chi connectivity index (χ2v) is 13.6. The van der Waals surface area contributed by atoms with Gasteiger partial charge in [-0.1, -0.05) is 18.9 Å². The molecule has 2 fully saturated rings. The van der Waals surface area contributed by atoms with E-state index in [1.54, 1.807) is 45.2 Å². The van der Waals surface area contributed by atoms with Gasteiger partial charge in [0, 0.05) is 31.5 Å². The maximum absolute atomic E-state index is 14.0. The minimum Gasteiger partial charge on any atom is -0.493 e. The first kappa shape index (κ1) is 33.9. The summed E-state index contributed by atoms with van der Waals surface area (Å²) in [5.74, 6) is 2.03. The van der Waals surface area contributed by atoms with Gasteiger partial charge >= 0.3 is 0 Å². The minimum atomic E-state index is -0.682. The Kier molecular flexibility index (Phi) is 10.7. The van der Waals surface area contributed by atoms with Crippen LogP contribution < -0.4 is 30.3 Å². The molecule has 0 radical (unpaired) electrons. The topological polar surface area (TPSA) is 126 Å². The van der Waals surface area contributed by atoms with Crippen molar-refractivity contribution in [2.75, 3.05) is 51.7 Å². The van der Waals surface area contributed by atoms with Crippen LogP contribution in [-0.2, 0) is 16.0 Å². The van der Waals surface area contributed by atoms with Crippen molar-refractivity contribution < 1.29 is 28.9 Å². The molecule has 1 saturated heterocycles. The zero-order valence-electron chi connectivity index (χ0n) is 27.6. The Bertz CT molecular complexity index is 1520. The number of nitrogens with zero attached hydrogens (tertiary/aromatic N) is 1. The van der Waals surface area contributed by atoms with E-state index >= 15 is 0 Å². The van der Waals surface area contributed by atoms with E-state index in [-0.39, 0.29) is 23.2 Å². The highest BCUT2D eigenvalue weighted by Crippen LogP contribution is 2.50. The van der Waals surface area contributed by atoms with E-state index in [2.05, 4.69) is 10.6 Å². The van der Waals surface area contributed by atoms with E-state index in [4.69, 9.17) is 14.2 Å². The fourth-order valence-electron chi connectivity index (χ4n) is 7.50. The molecular formula is C35H47N3O7S. The molecule has 1 aliphatic heterocycles. The van der Waals surface area contributed by atoms with Crippen LogP contribution in [0.1, 0.15) is 69.0 Å². The van der Waals surface area contributed by atoms with Crippen molar-refractivity contribution in [1.82, 2.24) is 10.2 Å². The Morgan fingerprint density at radius 2 is 1.87 bits per heavy atom. The minimum absolute atomic E-state index is 0.0471. The standard InChI is InChI=1S/C35H47N3O7S/c1-21(39)36-26-11-9-22-18-30(43-2)32(44-3)33(45-4)31(22)24-10-12-27(29(40)19-25(24)26)37-28(13-17-46-5)34(41)38-16-15-35(42)14-7-6-8-23(35)20-38/h10,12,18-19,23,26,28,42H,6-9,11,13-17,20H2,1-5H3,(H,36,39)(H,37,40). The fourth-order valence-corrected chi connectivity index (χ4v) is 7.97. The Hall–Kier alpha value is -3.44. The van der Waals surface area contributed by atoms with E-state index in [1.807, 2.05) is 23.3 Å². The van der Waals surface area contributed by atoms with Crippen molar-refractivity contribution in [3.8, 4) is 28.4 Å². The molecule has 2 amide bonds. The van der Waals surface area contributed by atoms with Crippen LogP contribution in [0.15, 0.2) is 29.1 Å². The number of benzene rings is 1. The molecule has 3 N–H and O–H groups in total. The molecule has 2 aromatic rings. The number of rotatable bonds is 10. The van der Waals surface area contributed by atoms with Gasteiger partial charge in [-0.3, -0.25) is 14.4 Å². The first-order chi connectivity index (χ1) is 22.1. The number of hydrogen-bond acceptors (Lipinski definition) is 9. The third-order valence-corrected chi connectivity index (χ3v) is 10.5. The summed E-state index contributed by atoms with van der Waals surface area (Å²) in [6, 6.07) is 6.06. The molecule has 0 aromatic heterocycles. The van der Waals surface area contributed by atoms with E-state index in [0.717, 1.165) is 48.1 Å². The summed E-state index contributed by atoms with van der Waals surface area (Å²) in [4.78, 5) is 42.1. The average Bonchev–Trinajstić information content (AvgIpc) is 3.29. The van der Waals surface area contributed by atoms with E-state index < -0.39 is 17.7 Å². The molecule has 5 rings (SSSR count). The number of thioether (sulfide) groups is 1. The number of aryl methyl sites for hydroxylation is 1. The zero-order chi connectivity index (χ0) is 33.0. The zero-order valence-corrected chi connectivity index (χ0v) is 28.4. The van der Waals surface area contributed by atoms with Crippen LogP contribution in [0.25, 0.3) is 11.1 Å². The van der Waals surface area contributed by atoms with Crippen LogP contribution >= 0.6 is 11.8 Å². The number of aliphatic hydroxyl groups is 1. The second-order valence-electron chi connectivity index (χ2n) is 12.7. The maximum atomic E-state index is 14.0. The normalized spacial score (nSPS) is 22.7. The van der Waals surface area contributed by atoms with Gasteiger partial charge < -0.3 is 34.9 Å². The predicted octanol–water partition coefficient (Wildman–Crippen LogP) is 4.55. The molecule has 2 aromatic carbocycles. The van der Waals surface area contributed by atoms with Crippen molar-refractivity contribution in [1.29, 1.82) is 0 Å². The molecule has 4 atom stereocenters. The van der Waals surface area contributed by atoms with Crippen LogP contribution in [-0.4, -0.2) is 79.9 Å². The number of nitrogens with one attached hydrogen (secondary N) is 2. The number of anilines is 1. The summed E-state index contributed by atoms with van der Waals surface area (Å²) in [5, 5.41) is 17.6. The number of ether oxygens (including phenoxy) is 3. The van der Waals surface area contributed by atoms with Crippen molar-refractivity contribution in [2.24, 2.45) is 5.92 Å². The summed E-state index contributed by atoms with van der Waals surface area (Å²) in [5.41, 5.74) is 2.46. The highest BCUT2D eigenvalue weighted by atomic mass is 32.2. The Balaban J connectivity index is 1.55. The van der Waals surface area contributed by atoms with Gasteiger partial charge in [0.15, 0.2) is 11.5 Å². The van der Waals surface area contributed by atoms with Crippen molar-refractivity contribution in [2.45, 2.75) is 76.0 Å². The van der Waals surface area contributed by atoms with Crippen molar-refractivity contribution >= 4 is 29.3 Å². The van der Waals surface area contributed by atoms with Crippen LogP contribution in [0.4, 0.5) is 5.69 Å². The lowest BCUT2D eigenvalue weighted by Crippen LogP contribution is -2.57. The fraction of sp³-hybridized carbons (Fsp3) is 0.571. The molecule has 3 aliphatic rings. The van der Waals surface area contributed by atoms with Crippen molar-refractivity contribution in [3.05, 3.63) is 45.6 Å². The van der Waals surface area contributed by atoms with Gasteiger partial charge in [0.1, 0.15) is 6.04 Å². The molecule has 10 nitrogen and oxygen atoms in total. The maximum Gasteiger partial charge on any atom is 0.245 e. The summed E-state index contributed by atoms with van der Waals surface area (Å²) in [7, 11) is 4.69. The van der Waals surface area contributed by atoms with Gasteiger partial charge in [-0.2, -0.15) is 11.8 Å². The molecule has 4 unspecified atom stereocenters. The van der Waals surface area contributed by atoms with Gasteiger partial charge in [0.25, 0.3) is 0 Å². The average molecular weight is 654 g/mol. The molecule has 1 heterocycles. The van der Waals surface area contributed by atoms with Gasteiger partial charge in [0.05, 0.1) is 38.7 Å². The Morgan fingerprint density at radius 1 is 1.09 bits per heavy atom. The highest BCUT2D eigenvalue weighted by molar-refractivity contribution is 7.98. The lowest BCUT2D eigenvalue weighted by atomic mass is 9.71. The molecule has 46 heavy (non-hydrogen) atoms. The van der Waals surface area contributed by atoms with E-state index in [1.165, 1.54) is 6.92 Å². The number of fused-ring (bicyclic) bond motifs is 4. The monoisotopic (exact) mass is 653 g/mol. The first-order valence-corrected chi connectivity index (χ1v) is 17.6. The molecular weight excluding hydrogens is 606 g/mol. The summed E-state index contributed by atoms with van der Waals surface area (Å²) < 4.78 is 17.2. The largest absolute Gasteiger partial charge is 0.493 e. The lowest BCUT2D eigenvalue weighted by Gasteiger charge is -2.48. The number of hydrogen-bond donors (Lipinski definition) is 3. The third kappa shape index (κ3) is 6.81. The van der Waals surface area contributed by atoms with Crippen LogP contribution in [0.5, 0.6) is 17.2 Å². The van der Waals surface area contributed by atoms with Crippen LogP contribution in [0.2, 0.25) is 0 Å². The molecule has 250 valence electrons. The molecule has 1 saturated carbocycles. The van der Waals surface area contributed by atoms with Gasteiger partial charge in [0.2, 0.25) is 23.0 Å². The summed E-state index contributed by atoms with van der Waals surface area (Å²) in [6.45, 7) is 2.51. The lowest BCUT2D eigenvalue weighted by molar-refractivity contribution is -0.144. The third-order valence-electron chi connectivity index (χ3n) is 9.89. The van der Waals surface area contributed by atoms with Gasteiger partial charge in [-0.15, -0.1) is 0 Å². The molecule has 11 heteroatoms. The van der Waals surface area contributed by atoms with Gasteiger partial charge in [-0.25, -0.2) is 0 Å². The quantitative estimate of drug-likeness (QED) is 0.339. The van der Waals surface area contributed by atoms with E-state index in [0.29, 0.717) is 67.3 Å². The summed E-state index contributed by atoms with van der Waals surface area (Å²) >= 11 is 1.65. The predicted molar refractivity (Wildman–Crippen MR) is 181 cm³/mol. The van der Waals surface area contributed by atoms with Gasteiger partial charge in [-0.05, 0) is 85.4 Å². The Morgan fingerprint density at radius 3 is 2.57 bits per heavy atom. The first-order valence-electron chi connectivity index (χ1n) is 16.2. The number of piperidine rings is 1. The highest BCUT2D eigenvalue weighted by Gasteiger charge is 2.44. The molecule has 0 bridgehead atoms. The van der Waals surface area contributed by atoms with Crippen molar-refractivity contribution in [3.63, 3.8) is 0 Å². The molecule has 2 aliphatic carbocycles. The number of amides is 2. The summed E-state index contributed by atoms with van der Waals surface area (Å²) in [6.07, 6.45) is 8.10. The number of carbonyl (C=O) groups is 2. The van der Waals surface area contributed by atoms with E-state index in [9.17, 15) is 19.5 Å². The Labute approximate surface area is 275 Å². The van der Waals surface area contributed by atoms with Crippen LogP contribution in [0.3, 0.4) is 0 Å². The number of carbonyl (C=O) groups excluding carboxylic acids is 2.